The van der Waals surface area contributed by atoms with Crippen molar-refractivity contribution in [2.75, 3.05) is 0 Å². The summed E-state index contributed by atoms with van der Waals surface area (Å²) in [4.78, 5) is 12.1. The highest BCUT2D eigenvalue weighted by molar-refractivity contribution is 9.10. The van der Waals surface area contributed by atoms with Gasteiger partial charge in [-0.1, -0.05) is 40.2 Å². The Hall–Kier alpha value is -1.32. The lowest BCUT2D eigenvalue weighted by Gasteiger charge is -2.07. The second-order valence-corrected chi connectivity index (χ2v) is 5.83. The topological polar surface area (TPSA) is 29.1 Å². The molecule has 4 heteroatoms. The van der Waals surface area contributed by atoms with E-state index in [-0.39, 0.29) is 5.91 Å². The van der Waals surface area contributed by atoms with Crippen LogP contribution in [0.2, 0.25) is 0 Å². The molecule has 0 aliphatic rings. The summed E-state index contributed by atoms with van der Waals surface area (Å²) in [6, 6.07) is 13.6. The van der Waals surface area contributed by atoms with Crippen LogP contribution >= 0.6 is 27.5 Å². The summed E-state index contributed by atoms with van der Waals surface area (Å²) in [5, 5.41) is 2.91. The predicted octanol–water partition coefficient (Wildman–Crippen LogP) is 4.43. The lowest BCUT2D eigenvalue weighted by molar-refractivity contribution is 0.0951. The fraction of sp³-hybridized carbons (Fsp3) is 0.188. The van der Waals surface area contributed by atoms with Crippen molar-refractivity contribution >= 4 is 33.4 Å². The van der Waals surface area contributed by atoms with E-state index >= 15 is 0 Å². The highest BCUT2D eigenvalue weighted by atomic mass is 79.9. The zero-order valence-electron chi connectivity index (χ0n) is 11.1. The van der Waals surface area contributed by atoms with E-state index in [4.69, 9.17) is 11.6 Å². The fourth-order valence-electron chi connectivity index (χ4n) is 1.90. The monoisotopic (exact) mass is 351 g/mol. The predicted molar refractivity (Wildman–Crippen MR) is 86.0 cm³/mol. The largest absolute Gasteiger partial charge is 0.348 e. The van der Waals surface area contributed by atoms with Gasteiger partial charge in [0.15, 0.2) is 0 Å². The van der Waals surface area contributed by atoms with Crippen LogP contribution in [0.5, 0.6) is 0 Å². The molecule has 0 unspecified atom stereocenters. The Morgan fingerprint density at radius 1 is 1.15 bits per heavy atom. The first-order chi connectivity index (χ1) is 9.58. The van der Waals surface area contributed by atoms with Gasteiger partial charge in [0.25, 0.3) is 5.91 Å². The quantitative estimate of drug-likeness (QED) is 0.811. The van der Waals surface area contributed by atoms with Crippen LogP contribution in [0.1, 0.15) is 27.0 Å². The summed E-state index contributed by atoms with van der Waals surface area (Å²) in [6.07, 6.45) is 0. The maximum absolute atomic E-state index is 12.1. The fourth-order valence-corrected chi connectivity index (χ4v) is 2.68. The van der Waals surface area contributed by atoms with Gasteiger partial charge in [-0.15, -0.1) is 11.6 Å². The van der Waals surface area contributed by atoms with Crippen LogP contribution in [0, 0.1) is 6.92 Å². The molecule has 2 aromatic carbocycles. The van der Waals surface area contributed by atoms with Crippen molar-refractivity contribution in [2.45, 2.75) is 19.3 Å². The number of rotatable bonds is 4. The van der Waals surface area contributed by atoms with Gasteiger partial charge in [0, 0.05) is 22.5 Å². The highest BCUT2D eigenvalue weighted by Crippen LogP contribution is 2.15. The van der Waals surface area contributed by atoms with E-state index in [1.54, 1.807) is 0 Å². The molecular formula is C16H15BrClNO. The molecule has 104 valence electrons. The van der Waals surface area contributed by atoms with Gasteiger partial charge in [-0.3, -0.25) is 4.79 Å². The Balaban J connectivity index is 2.00. The Morgan fingerprint density at radius 2 is 1.80 bits per heavy atom. The third-order valence-electron chi connectivity index (χ3n) is 2.93. The van der Waals surface area contributed by atoms with Crippen molar-refractivity contribution < 1.29 is 4.79 Å². The molecule has 0 fully saturated rings. The molecule has 0 spiro atoms. The molecule has 1 N–H and O–H groups in total. The van der Waals surface area contributed by atoms with Gasteiger partial charge in [-0.25, -0.2) is 0 Å². The molecule has 2 nitrogen and oxygen atoms in total. The van der Waals surface area contributed by atoms with E-state index in [0.29, 0.717) is 18.0 Å². The number of carbonyl (C=O) groups is 1. The van der Waals surface area contributed by atoms with Crippen LogP contribution in [0.25, 0.3) is 0 Å². The van der Waals surface area contributed by atoms with E-state index in [9.17, 15) is 4.79 Å². The maximum atomic E-state index is 12.1. The first-order valence-corrected chi connectivity index (χ1v) is 7.60. The molecule has 1 amide bonds. The average molecular weight is 353 g/mol. The molecule has 0 bridgehead atoms. The van der Waals surface area contributed by atoms with E-state index < -0.39 is 0 Å². The van der Waals surface area contributed by atoms with E-state index in [1.807, 2.05) is 49.4 Å². The summed E-state index contributed by atoms with van der Waals surface area (Å²) in [5.74, 6) is 0.431. The first-order valence-electron chi connectivity index (χ1n) is 6.27. The minimum Gasteiger partial charge on any atom is -0.348 e. The molecule has 0 saturated heterocycles. The molecule has 0 radical (unpaired) electrons. The average Bonchev–Trinajstić information content (AvgIpc) is 2.44. The number of nitrogens with one attached hydrogen (secondary N) is 1. The molecule has 0 saturated carbocycles. The molecule has 0 aliphatic carbocycles. The van der Waals surface area contributed by atoms with Gasteiger partial charge >= 0.3 is 0 Å². The first kappa shape index (κ1) is 15.1. The number of hydrogen-bond donors (Lipinski definition) is 1. The second-order valence-electron chi connectivity index (χ2n) is 4.65. The SMILES string of the molecule is Cc1cc(Br)cc(C(=O)NCc2ccc(CCl)cc2)c1. The molecular weight excluding hydrogens is 338 g/mol. The van der Waals surface area contributed by atoms with E-state index in [1.165, 1.54) is 0 Å². The Morgan fingerprint density at radius 3 is 2.40 bits per heavy atom. The number of hydrogen-bond acceptors (Lipinski definition) is 1. The van der Waals surface area contributed by atoms with Crippen LogP contribution in [0.3, 0.4) is 0 Å². The van der Waals surface area contributed by atoms with Crippen molar-refractivity contribution in [2.24, 2.45) is 0 Å². The standard InChI is InChI=1S/C16H15BrClNO/c1-11-6-14(8-15(17)7-11)16(20)19-10-13-4-2-12(9-18)3-5-13/h2-8H,9-10H2,1H3,(H,19,20). The zero-order chi connectivity index (χ0) is 14.5. The molecule has 0 heterocycles. The van der Waals surface area contributed by atoms with Crippen molar-refractivity contribution in [1.29, 1.82) is 0 Å². The van der Waals surface area contributed by atoms with Gasteiger partial charge < -0.3 is 5.32 Å². The normalized spacial score (nSPS) is 10.3. The highest BCUT2D eigenvalue weighted by Gasteiger charge is 2.06. The Labute approximate surface area is 132 Å². The molecule has 0 aliphatic heterocycles. The summed E-state index contributed by atoms with van der Waals surface area (Å²) in [5.41, 5.74) is 3.84. The smallest absolute Gasteiger partial charge is 0.251 e. The molecule has 2 aromatic rings. The minimum absolute atomic E-state index is 0.0733. The summed E-state index contributed by atoms with van der Waals surface area (Å²) >= 11 is 9.14. The van der Waals surface area contributed by atoms with Crippen molar-refractivity contribution in [1.82, 2.24) is 5.32 Å². The molecule has 2 rings (SSSR count). The second kappa shape index (κ2) is 6.91. The summed E-state index contributed by atoms with van der Waals surface area (Å²) in [7, 11) is 0. The Bertz CT molecular complexity index is 590. The Kier molecular flexibility index (Phi) is 5.21. The number of carbonyl (C=O) groups excluding carboxylic acids is 1. The van der Waals surface area contributed by atoms with Crippen LogP contribution in [0.15, 0.2) is 46.9 Å². The number of aryl methyl sites for hydroxylation is 1. The number of amides is 1. The summed E-state index contributed by atoms with van der Waals surface area (Å²) in [6.45, 7) is 2.47. The zero-order valence-corrected chi connectivity index (χ0v) is 13.5. The number of benzene rings is 2. The van der Waals surface area contributed by atoms with Gasteiger partial charge in [-0.2, -0.15) is 0 Å². The molecule has 0 atom stereocenters. The van der Waals surface area contributed by atoms with Crippen molar-refractivity contribution in [3.05, 3.63) is 69.2 Å². The van der Waals surface area contributed by atoms with Crippen LogP contribution in [-0.4, -0.2) is 5.91 Å². The van der Waals surface area contributed by atoms with Crippen LogP contribution in [0.4, 0.5) is 0 Å². The maximum Gasteiger partial charge on any atom is 0.251 e. The van der Waals surface area contributed by atoms with E-state index in [0.717, 1.165) is 21.2 Å². The van der Waals surface area contributed by atoms with Gasteiger partial charge in [-0.05, 0) is 41.8 Å². The molecule has 0 aromatic heterocycles. The van der Waals surface area contributed by atoms with Crippen LogP contribution in [-0.2, 0) is 12.4 Å². The summed E-state index contributed by atoms with van der Waals surface area (Å²) < 4.78 is 0.911. The third-order valence-corrected chi connectivity index (χ3v) is 3.70. The lowest BCUT2D eigenvalue weighted by Crippen LogP contribution is -2.22. The van der Waals surface area contributed by atoms with Gasteiger partial charge in [0.05, 0.1) is 0 Å². The minimum atomic E-state index is -0.0733. The van der Waals surface area contributed by atoms with E-state index in [2.05, 4.69) is 21.2 Å². The number of halogens is 2. The molecule has 20 heavy (non-hydrogen) atoms. The van der Waals surface area contributed by atoms with Crippen LogP contribution < -0.4 is 5.32 Å². The lowest BCUT2D eigenvalue weighted by atomic mass is 10.1. The third kappa shape index (κ3) is 4.09. The number of alkyl halides is 1. The van der Waals surface area contributed by atoms with Crippen molar-refractivity contribution in [3.8, 4) is 0 Å². The van der Waals surface area contributed by atoms with Gasteiger partial charge in [0.1, 0.15) is 0 Å². The van der Waals surface area contributed by atoms with Crippen molar-refractivity contribution in [3.63, 3.8) is 0 Å². The van der Waals surface area contributed by atoms with Gasteiger partial charge in [0.2, 0.25) is 0 Å².